The summed E-state index contributed by atoms with van der Waals surface area (Å²) < 4.78 is 68.0. The first-order chi connectivity index (χ1) is 14.2. The minimum atomic E-state index is -4.40. The highest BCUT2D eigenvalue weighted by Crippen LogP contribution is 2.44. The van der Waals surface area contributed by atoms with Gasteiger partial charge >= 0.3 is 6.18 Å². The Bertz CT molecular complexity index is 893. The highest BCUT2D eigenvalue weighted by molar-refractivity contribution is 5.93. The second-order valence-corrected chi connectivity index (χ2v) is 6.68. The van der Waals surface area contributed by atoms with Crippen molar-refractivity contribution in [2.45, 2.75) is 37.4 Å². The fraction of sp³-hybridized carbons (Fsp3) is 0.368. The fourth-order valence-electron chi connectivity index (χ4n) is 3.09. The van der Waals surface area contributed by atoms with E-state index in [4.69, 9.17) is 4.74 Å². The standard InChI is InChI=1S/C19H18F5N5O/c1-25-29-16(30-11-15(20)21)12-9-26-17(27-10-12)28-18(7-2-8-18)13-3-5-14(6-4-13)19(22,23)24/h3-6,9-10,15H,1-2,7-8,11H2,(H,26,27,28)/b29-16-. The number of alkyl halides is 5. The van der Waals surface area contributed by atoms with E-state index in [9.17, 15) is 22.0 Å². The van der Waals surface area contributed by atoms with Crippen LogP contribution in [0.25, 0.3) is 0 Å². The van der Waals surface area contributed by atoms with E-state index in [-0.39, 0.29) is 17.4 Å². The van der Waals surface area contributed by atoms with Crippen LogP contribution >= 0.6 is 0 Å². The van der Waals surface area contributed by atoms with Crippen LogP contribution in [0.5, 0.6) is 0 Å². The summed E-state index contributed by atoms with van der Waals surface area (Å²) in [5.41, 5.74) is -0.358. The number of nitrogens with one attached hydrogen (secondary N) is 1. The third kappa shape index (κ3) is 4.89. The molecule has 0 amide bonds. The van der Waals surface area contributed by atoms with Crippen molar-refractivity contribution in [2.24, 2.45) is 10.2 Å². The minimum absolute atomic E-state index is 0.196. The molecule has 1 aromatic carbocycles. The van der Waals surface area contributed by atoms with Gasteiger partial charge in [0, 0.05) is 19.1 Å². The van der Waals surface area contributed by atoms with Crippen molar-refractivity contribution in [3.05, 3.63) is 53.3 Å². The number of aromatic nitrogens is 2. The Balaban J connectivity index is 1.76. The average molecular weight is 427 g/mol. The number of halogens is 5. The van der Waals surface area contributed by atoms with Gasteiger partial charge in [0.15, 0.2) is 6.61 Å². The molecule has 1 N–H and O–H groups in total. The lowest BCUT2D eigenvalue weighted by atomic mass is 9.71. The molecule has 0 spiro atoms. The van der Waals surface area contributed by atoms with Gasteiger partial charge in [-0.25, -0.2) is 18.7 Å². The Morgan fingerprint density at radius 1 is 1.17 bits per heavy atom. The molecule has 0 saturated heterocycles. The largest absolute Gasteiger partial charge is 0.470 e. The van der Waals surface area contributed by atoms with Crippen LogP contribution in [0, 0.1) is 0 Å². The van der Waals surface area contributed by atoms with Crippen LogP contribution in [0.2, 0.25) is 0 Å². The van der Waals surface area contributed by atoms with E-state index in [1.54, 1.807) is 0 Å². The molecule has 1 aromatic heterocycles. The second-order valence-electron chi connectivity index (χ2n) is 6.68. The zero-order valence-electron chi connectivity index (χ0n) is 15.7. The molecule has 0 radical (unpaired) electrons. The number of nitrogens with zero attached hydrogens (tertiary/aromatic N) is 4. The van der Waals surface area contributed by atoms with E-state index in [1.165, 1.54) is 24.5 Å². The first-order valence-electron chi connectivity index (χ1n) is 8.96. The van der Waals surface area contributed by atoms with Gasteiger partial charge in [-0.15, -0.1) is 5.10 Å². The summed E-state index contributed by atoms with van der Waals surface area (Å²) in [4.78, 5) is 8.29. The average Bonchev–Trinajstić information content (AvgIpc) is 2.68. The molecule has 2 aromatic rings. The maximum absolute atomic E-state index is 12.8. The maximum Gasteiger partial charge on any atom is 0.416 e. The van der Waals surface area contributed by atoms with Crippen molar-refractivity contribution >= 4 is 18.6 Å². The lowest BCUT2D eigenvalue weighted by molar-refractivity contribution is -0.137. The van der Waals surface area contributed by atoms with Crippen LogP contribution in [-0.4, -0.2) is 35.6 Å². The first-order valence-corrected chi connectivity index (χ1v) is 8.96. The highest BCUT2D eigenvalue weighted by Gasteiger charge is 2.40. The third-order valence-corrected chi connectivity index (χ3v) is 4.73. The molecule has 1 aliphatic rings. The van der Waals surface area contributed by atoms with Gasteiger partial charge in [0.1, 0.15) is 0 Å². The normalized spacial score (nSPS) is 16.1. The summed E-state index contributed by atoms with van der Waals surface area (Å²) in [6, 6.07) is 4.99. The molecule has 1 saturated carbocycles. The molecule has 30 heavy (non-hydrogen) atoms. The van der Waals surface area contributed by atoms with Gasteiger partial charge in [0.05, 0.1) is 16.7 Å². The van der Waals surface area contributed by atoms with E-state index in [0.29, 0.717) is 18.4 Å². The van der Waals surface area contributed by atoms with Crippen LogP contribution < -0.4 is 5.32 Å². The molecule has 1 fully saturated rings. The smallest absolute Gasteiger partial charge is 0.416 e. The maximum atomic E-state index is 12.8. The van der Waals surface area contributed by atoms with Crippen LogP contribution in [0.4, 0.5) is 27.9 Å². The summed E-state index contributed by atoms with van der Waals surface area (Å²) in [6.45, 7) is 2.29. The van der Waals surface area contributed by atoms with Gasteiger partial charge in [-0.3, -0.25) is 0 Å². The molecule has 1 heterocycles. The monoisotopic (exact) mass is 427 g/mol. The summed E-state index contributed by atoms with van der Waals surface area (Å²) in [7, 11) is 0. The molecule has 0 aliphatic heterocycles. The molecule has 11 heteroatoms. The number of ether oxygens (including phenoxy) is 1. The topological polar surface area (TPSA) is 71.8 Å². The molecule has 1 aliphatic carbocycles. The van der Waals surface area contributed by atoms with Crippen molar-refractivity contribution in [2.75, 3.05) is 11.9 Å². The van der Waals surface area contributed by atoms with Crippen molar-refractivity contribution in [3.63, 3.8) is 0 Å². The minimum Gasteiger partial charge on any atom is -0.470 e. The van der Waals surface area contributed by atoms with Gasteiger partial charge in [0.2, 0.25) is 11.8 Å². The fourth-order valence-corrected chi connectivity index (χ4v) is 3.09. The third-order valence-electron chi connectivity index (χ3n) is 4.73. The summed E-state index contributed by atoms with van der Waals surface area (Å²) in [5, 5.41) is 10.0. The Labute approximate surface area is 168 Å². The van der Waals surface area contributed by atoms with E-state index in [2.05, 4.69) is 32.2 Å². The molecule has 0 atom stereocenters. The van der Waals surface area contributed by atoms with Crippen LogP contribution in [-0.2, 0) is 16.5 Å². The SMILES string of the molecule is C=N/N=C(\OCC(F)F)c1cnc(NC2(c3ccc(C(F)(F)F)cc3)CCC2)nc1. The number of rotatable bonds is 7. The van der Waals surface area contributed by atoms with Crippen molar-refractivity contribution < 1.29 is 26.7 Å². The molecular weight excluding hydrogens is 409 g/mol. The molecule has 3 rings (SSSR count). The first kappa shape index (κ1) is 21.6. The Morgan fingerprint density at radius 3 is 2.27 bits per heavy atom. The molecule has 6 nitrogen and oxygen atoms in total. The van der Waals surface area contributed by atoms with Gasteiger partial charge < -0.3 is 10.1 Å². The number of benzene rings is 1. The van der Waals surface area contributed by atoms with Crippen LogP contribution in [0.15, 0.2) is 46.9 Å². The molecule has 0 bridgehead atoms. The second kappa shape index (κ2) is 8.72. The van der Waals surface area contributed by atoms with Crippen molar-refractivity contribution in [3.8, 4) is 0 Å². The lowest BCUT2D eigenvalue weighted by Crippen LogP contribution is -2.42. The van der Waals surface area contributed by atoms with Gasteiger partial charge in [-0.05, 0) is 37.0 Å². The zero-order chi connectivity index (χ0) is 21.8. The Hall–Kier alpha value is -3.11. The van der Waals surface area contributed by atoms with E-state index < -0.39 is 30.3 Å². The quantitative estimate of drug-likeness (QED) is 0.303. The highest BCUT2D eigenvalue weighted by atomic mass is 19.4. The van der Waals surface area contributed by atoms with Crippen molar-refractivity contribution in [1.29, 1.82) is 0 Å². The predicted octanol–water partition coefficient (Wildman–Crippen LogP) is 4.63. The van der Waals surface area contributed by atoms with Gasteiger partial charge in [0.25, 0.3) is 6.43 Å². The van der Waals surface area contributed by atoms with Crippen LogP contribution in [0.3, 0.4) is 0 Å². The lowest BCUT2D eigenvalue weighted by Gasteiger charge is -2.43. The van der Waals surface area contributed by atoms with Crippen molar-refractivity contribution in [1.82, 2.24) is 9.97 Å². The molecular formula is C19H18F5N5O. The predicted molar refractivity (Wildman–Crippen MR) is 101 cm³/mol. The van der Waals surface area contributed by atoms with E-state index in [0.717, 1.165) is 18.6 Å². The molecule has 0 unspecified atom stereocenters. The summed E-state index contributed by atoms with van der Waals surface area (Å²) >= 11 is 0. The molecule has 160 valence electrons. The summed E-state index contributed by atoms with van der Waals surface area (Å²) in [5.74, 6) is 0.0380. The van der Waals surface area contributed by atoms with Gasteiger partial charge in [-0.1, -0.05) is 12.1 Å². The van der Waals surface area contributed by atoms with Gasteiger partial charge in [-0.2, -0.15) is 18.3 Å². The summed E-state index contributed by atoms with van der Waals surface area (Å²) in [6.07, 6.45) is -2.14. The number of anilines is 1. The number of hydrogen-bond acceptors (Lipinski definition) is 6. The van der Waals surface area contributed by atoms with E-state index in [1.807, 2.05) is 0 Å². The number of hydrogen-bond donors (Lipinski definition) is 1. The zero-order valence-corrected chi connectivity index (χ0v) is 15.7. The van der Waals surface area contributed by atoms with Crippen LogP contribution in [0.1, 0.15) is 36.0 Å². The van der Waals surface area contributed by atoms with E-state index >= 15 is 0 Å². The Kier molecular flexibility index (Phi) is 6.28. The Morgan fingerprint density at radius 2 is 1.80 bits per heavy atom.